The van der Waals surface area contributed by atoms with Gasteiger partial charge >= 0.3 is 0 Å². The van der Waals surface area contributed by atoms with Crippen molar-refractivity contribution in [3.63, 3.8) is 0 Å². The highest BCUT2D eigenvalue weighted by Crippen LogP contribution is 2.52. The van der Waals surface area contributed by atoms with Crippen molar-refractivity contribution in [2.45, 2.75) is 12.3 Å². The van der Waals surface area contributed by atoms with Crippen LogP contribution in [0.3, 0.4) is 0 Å². The highest BCUT2D eigenvalue weighted by atomic mass is 16.3. The van der Waals surface area contributed by atoms with E-state index in [4.69, 9.17) is 14.4 Å². The summed E-state index contributed by atoms with van der Waals surface area (Å²) in [6.45, 7) is 2.36. The van der Waals surface area contributed by atoms with Crippen LogP contribution in [0.25, 0.3) is 89.2 Å². The van der Waals surface area contributed by atoms with Crippen molar-refractivity contribution in [1.29, 1.82) is 0 Å². The molecule has 0 saturated carbocycles. The third-order valence-electron chi connectivity index (χ3n) is 11.8. The molecule has 0 spiro atoms. The SMILES string of the molecule is CC1(c2ccc(-c3cccc(-c4cc(-c5ccc(-c6ccc7c(c6)oc6ccccc67)cc5)nc(-c5ccccc5)n4)c3)cc2)c2ccccc2-c2ccccc21. The summed E-state index contributed by atoms with van der Waals surface area (Å²) in [4.78, 5) is 10.3. The molecule has 0 radical (unpaired) electrons. The Labute approximate surface area is 331 Å². The number of aromatic nitrogens is 2. The second kappa shape index (κ2) is 13.1. The Balaban J connectivity index is 0.939. The zero-order valence-electron chi connectivity index (χ0n) is 31.4. The molecule has 0 saturated heterocycles. The smallest absolute Gasteiger partial charge is 0.160 e. The summed E-state index contributed by atoms with van der Waals surface area (Å²) in [5.74, 6) is 0.697. The summed E-state index contributed by atoms with van der Waals surface area (Å²) < 4.78 is 6.19. The van der Waals surface area contributed by atoms with Crippen molar-refractivity contribution in [2.24, 2.45) is 0 Å². The lowest BCUT2D eigenvalue weighted by atomic mass is 9.74. The Morgan fingerprint density at radius 2 is 0.895 bits per heavy atom. The first-order valence-electron chi connectivity index (χ1n) is 19.5. The molecule has 3 nitrogen and oxygen atoms in total. The standard InChI is InChI=1S/C54H36N2O/c1-54(47-19-8-5-16-43(47)44-17-6-9-20-48(44)54)42-29-26-36(27-30-42)39-14-11-15-41(32-39)50-34-49(55-53(56-50)38-12-3-2-4-13-38)37-24-22-35(23-25-37)40-28-31-46-45-18-7-10-21-51(45)57-52(46)33-40/h2-34H,1H3. The van der Waals surface area contributed by atoms with Gasteiger partial charge in [-0.1, -0.05) is 170 Å². The minimum Gasteiger partial charge on any atom is -0.456 e. The summed E-state index contributed by atoms with van der Waals surface area (Å²) in [6, 6.07) is 71.1. The van der Waals surface area contributed by atoms with Gasteiger partial charge in [0.05, 0.1) is 11.4 Å². The lowest BCUT2D eigenvalue weighted by molar-refractivity contribution is 0.669. The van der Waals surface area contributed by atoms with Crippen LogP contribution in [-0.2, 0) is 5.41 Å². The van der Waals surface area contributed by atoms with Crippen molar-refractivity contribution in [3.8, 4) is 67.3 Å². The first kappa shape index (κ1) is 33.0. The summed E-state index contributed by atoms with van der Waals surface area (Å²) in [6.07, 6.45) is 0. The highest BCUT2D eigenvalue weighted by molar-refractivity contribution is 6.05. The fourth-order valence-corrected chi connectivity index (χ4v) is 8.82. The van der Waals surface area contributed by atoms with Crippen LogP contribution >= 0.6 is 0 Å². The van der Waals surface area contributed by atoms with Crippen LogP contribution < -0.4 is 0 Å². The molecule has 1 aliphatic rings. The number of nitrogens with zero attached hydrogens (tertiary/aromatic N) is 2. The maximum atomic E-state index is 6.19. The molecule has 0 bridgehead atoms. The van der Waals surface area contributed by atoms with E-state index in [-0.39, 0.29) is 5.41 Å². The molecule has 0 atom stereocenters. The van der Waals surface area contributed by atoms with Gasteiger partial charge in [0.2, 0.25) is 0 Å². The van der Waals surface area contributed by atoms with E-state index in [1.54, 1.807) is 0 Å². The van der Waals surface area contributed by atoms with Gasteiger partial charge in [-0.25, -0.2) is 9.97 Å². The van der Waals surface area contributed by atoms with Crippen molar-refractivity contribution >= 4 is 21.9 Å². The third-order valence-corrected chi connectivity index (χ3v) is 11.8. The van der Waals surface area contributed by atoms with Gasteiger partial charge in [0.1, 0.15) is 11.2 Å². The van der Waals surface area contributed by atoms with E-state index in [2.05, 4.69) is 177 Å². The van der Waals surface area contributed by atoms with E-state index in [0.29, 0.717) is 5.82 Å². The highest BCUT2D eigenvalue weighted by Gasteiger charge is 2.40. The van der Waals surface area contributed by atoms with Crippen molar-refractivity contribution in [1.82, 2.24) is 9.97 Å². The summed E-state index contributed by atoms with van der Waals surface area (Å²) in [5, 5.41) is 2.27. The topological polar surface area (TPSA) is 38.9 Å². The number of fused-ring (bicyclic) bond motifs is 6. The second-order valence-electron chi connectivity index (χ2n) is 15.1. The molecule has 268 valence electrons. The number of para-hydroxylation sites is 1. The predicted octanol–water partition coefficient (Wildman–Crippen LogP) is 14.0. The minimum atomic E-state index is -0.223. The van der Waals surface area contributed by atoms with Gasteiger partial charge in [-0.15, -0.1) is 0 Å². The maximum Gasteiger partial charge on any atom is 0.160 e. The third kappa shape index (κ3) is 5.50. The zero-order chi connectivity index (χ0) is 37.9. The van der Waals surface area contributed by atoms with Crippen LogP contribution in [0.2, 0.25) is 0 Å². The predicted molar refractivity (Wildman–Crippen MR) is 234 cm³/mol. The van der Waals surface area contributed by atoms with E-state index in [1.807, 2.05) is 30.3 Å². The Kier molecular flexibility index (Phi) is 7.61. The molecule has 2 heterocycles. The van der Waals surface area contributed by atoms with Crippen molar-refractivity contribution in [3.05, 3.63) is 217 Å². The van der Waals surface area contributed by atoms with Crippen LogP contribution in [0, 0.1) is 0 Å². The minimum absolute atomic E-state index is 0.223. The zero-order valence-corrected chi connectivity index (χ0v) is 31.4. The largest absolute Gasteiger partial charge is 0.456 e. The number of furan rings is 1. The summed E-state index contributed by atoms with van der Waals surface area (Å²) >= 11 is 0. The Morgan fingerprint density at radius 3 is 1.63 bits per heavy atom. The second-order valence-corrected chi connectivity index (χ2v) is 15.1. The Bertz CT molecular complexity index is 3080. The molecular formula is C54H36N2O. The van der Waals surface area contributed by atoms with Gasteiger partial charge in [0.15, 0.2) is 5.82 Å². The molecule has 11 rings (SSSR count). The maximum absolute atomic E-state index is 6.19. The van der Waals surface area contributed by atoms with Crippen LogP contribution in [0.1, 0.15) is 23.6 Å². The van der Waals surface area contributed by atoms with Gasteiger partial charge in [0.25, 0.3) is 0 Å². The molecule has 57 heavy (non-hydrogen) atoms. The molecule has 1 aliphatic carbocycles. The monoisotopic (exact) mass is 728 g/mol. The molecule has 0 amide bonds. The van der Waals surface area contributed by atoms with E-state index < -0.39 is 0 Å². The molecule has 0 N–H and O–H groups in total. The fourth-order valence-electron chi connectivity index (χ4n) is 8.82. The molecule has 2 aromatic heterocycles. The number of hydrogen-bond acceptors (Lipinski definition) is 3. The lowest BCUT2D eigenvalue weighted by Gasteiger charge is -2.28. The quantitative estimate of drug-likeness (QED) is 0.171. The molecule has 0 aliphatic heterocycles. The van der Waals surface area contributed by atoms with E-state index in [9.17, 15) is 0 Å². The number of benzene rings is 8. The number of rotatable bonds is 6. The summed E-state index contributed by atoms with van der Waals surface area (Å²) in [5.41, 5.74) is 17.5. The van der Waals surface area contributed by atoms with E-state index in [0.717, 1.165) is 72.3 Å². The molecule has 10 aromatic rings. The van der Waals surface area contributed by atoms with Gasteiger partial charge in [-0.3, -0.25) is 0 Å². The lowest BCUT2D eigenvalue weighted by Crippen LogP contribution is -2.22. The first-order valence-corrected chi connectivity index (χ1v) is 19.5. The average molecular weight is 729 g/mol. The molecule has 0 fully saturated rings. The molecular weight excluding hydrogens is 693 g/mol. The van der Waals surface area contributed by atoms with Gasteiger partial charge in [-0.05, 0) is 87.3 Å². The Hall–Kier alpha value is -7.36. The summed E-state index contributed by atoms with van der Waals surface area (Å²) in [7, 11) is 0. The van der Waals surface area contributed by atoms with Crippen molar-refractivity contribution in [2.75, 3.05) is 0 Å². The van der Waals surface area contributed by atoms with E-state index >= 15 is 0 Å². The van der Waals surface area contributed by atoms with Crippen LogP contribution in [0.15, 0.2) is 205 Å². The van der Waals surface area contributed by atoms with Crippen LogP contribution in [-0.4, -0.2) is 9.97 Å². The average Bonchev–Trinajstić information content (AvgIpc) is 3.79. The fraction of sp³-hybridized carbons (Fsp3) is 0.0370. The normalized spacial score (nSPS) is 12.8. The molecule has 3 heteroatoms. The van der Waals surface area contributed by atoms with Gasteiger partial charge in [-0.2, -0.15) is 0 Å². The van der Waals surface area contributed by atoms with Crippen LogP contribution in [0.5, 0.6) is 0 Å². The van der Waals surface area contributed by atoms with Gasteiger partial charge < -0.3 is 4.42 Å². The number of hydrogen-bond donors (Lipinski definition) is 0. The molecule has 0 unspecified atom stereocenters. The van der Waals surface area contributed by atoms with Crippen LogP contribution in [0.4, 0.5) is 0 Å². The van der Waals surface area contributed by atoms with Crippen molar-refractivity contribution < 1.29 is 4.42 Å². The molecule has 8 aromatic carbocycles. The first-order chi connectivity index (χ1) is 28.1. The van der Waals surface area contributed by atoms with E-state index in [1.165, 1.54) is 27.8 Å². The van der Waals surface area contributed by atoms with Gasteiger partial charge in [0, 0.05) is 32.9 Å². The Morgan fingerprint density at radius 1 is 0.368 bits per heavy atom.